The quantitative estimate of drug-likeness (QED) is 0.0787. The molecule has 0 unspecified atom stereocenters. The summed E-state index contributed by atoms with van der Waals surface area (Å²) in [6.07, 6.45) is 24.3. The van der Waals surface area contributed by atoms with Crippen molar-refractivity contribution in [2.75, 3.05) is 47.8 Å². The van der Waals surface area contributed by atoms with E-state index in [0.717, 1.165) is 93.1 Å². The summed E-state index contributed by atoms with van der Waals surface area (Å²) in [7, 11) is 9.10. The van der Waals surface area contributed by atoms with E-state index in [1.807, 2.05) is 0 Å². The van der Waals surface area contributed by atoms with E-state index in [9.17, 15) is 9.59 Å². The molecule has 284 valence electrons. The van der Waals surface area contributed by atoms with Crippen LogP contribution in [0.4, 0.5) is 0 Å². The van der Waals surface area contributed by atoms with E-state index in [1.54, 1.807) is 0 Å². The topological polar surface area (TPSA) is 46.2 Å². The van der Waals surface area contributed by atoms with Crippen molar-refractivity contribution < 1.29 is 43.4 Å². The molecular formula is C43H71Cl2N3O2. The molecule has 7 heteroatoms. The number of rotatable bonds is 29. The third-order valence-electron chi connectivity index (χ3n) is 9.41. The first kappa shape index (κ1) is 47.8. The summed E-state index contributed by atoms with van der Waals surface area (Å²) in [6.45, 7) is 5.02. The molecule has 50 heavy (non-hydrogen) atoms. The van der Waals surface area contributed by atoms with E-state index in [-0.39, 0.29) is 30.7 Å². The van der Waals surface area contributed by atoms with Crippen LogP contribution in [0.25, 0.3) is 0 Å². The van der Waals surface area contributed by atoms with Crippen LogP contribution in [0.2, 0.25) is 0 Å². The third kappa shape index (κ3) is 26.6. The van der Waals surface area contributed by atoms with Gasteiger partial charge in [0.1, 0.15) is 18.9 Å². The fraction of sp³-hybridized carbons (Fsp3) is 0.628. The van der Waals surface area contributed by atoms with Gasteiger partial charge in [0.15, 0.2) is 0 Å². The predicted molar refractivity (Wildman–Crippen MR) is 205 cm³/mol. The van der Waals surface area contributed by atoms with Crippen molar-refractivity contribution in [3.05, 3.63) is 83.9 Å². The highest BCUT2D eigenvalue weighted by Gasteiger charge is 2.16. The number of nitrogens with zero attached hydrogens (tertiary/aromatic N) is 2. The van der Waals surface area contributed by atoms with E-state index in [1.165, 1.54) is 68.9 Å². The third-order valence-corrected chi connectivity index (χ3v) is 9.41. The molecule has 0 aliphatic heterocycles. The van der Waals surface area contributed by atoms with Crippen molar-refractivity contribution in [1.82, 2.24) is 5.32 Å². The smallest absolute Gasteiger partial charge is 0.219 e. The molecule has 0 heterocycles. The molecule has 0 bridgehead atoms. The largest absolute Gasteiger partial charge is 1.00 e. The minimum atomic E-state index is 0. The Balaban J connectivity index is 0.0000120. The number of carbonyl (C=O) groups is 2. The van der Waals surface area contributed by atoms with Gasteiger partial charge in [0, 0.05) is 43.4 Å². The van der Waals surface area contributed by atoms with E-state index < -0.39 is 0 Å². The van der Waals surface area contributed by atoms with Gasteiger partial charge in [-0.05, 0) is 51.4 Å². The maximum Gasteiger partial charge on any atom is 0.219 e. The molecule has 0 aliphatic rings. The molecule has 0 atom stereocenters. The first-order valence-corrected chi connectivity index (χ1v) is 19.3. The molecule has 0 saturated carbocycles. The number of amides is 1. The molecule has 0 aliphatic carbocycles. The van der Waals surface area contributed by atoms with E-state index in [0.29, 0.717) is 12.2 Å². The highest BCUT2D eigenvalue weighted by atomic mass is 35.5. The lowest BCUT2D eigenvalue weighted by molar-refractivity contribution is -0.903. The molecule has 0 radical (unpaired) electrons. The zero-order valence-corrected chi connectivity index (χ0v) is 33.7. The van der Waals surface area contributed by atoms with Crippen LogP contribution < -0.4 is 30.1 Å². The maximum atomic E-state index is 12.3. The van der Waals surface area contributed by atoms with E-state index in [2.05, 4.69) is 106 Å². The van der Waals surface area contributed by atoms with Crippen molar-refractivity contribution in [2.24, 2.45) is 0 Å². The monoisotopic (exact) mass is 731 g/mol. The Morgan fingerprint density at radius 1 is 0.520 bits per heavy atom. The Morgan fingerprint density at radius 3 is 1.42 bits per heavy atom. The van der Waals surface area contributed by atoms with Crippen molar-refractivity contribution >= 4 is 11.7 Å². The van der Waals surface area contributed by atoms with Crippen LogP contribution in [0.5, 0.6) is 0 Å². The minimum Gasteiger partial charge on any atom is -1.00 e. The highest BCUT2D eigenvalue weighted by molar-refractivity contribution is 5.78. The average Bonchev–Trinajstić information content (AvgIpc) is 3.05. The van der Waals surface area contributed by atoms with Crippen LogP contribution in [0, 0.1) is 0 Å². The first-order valence-electron chi connectivity index (χ1n) is 19.3. The second kappa shape index (κ2) is 29.4. The Labute approximate surface area is 319 Å². The van der Waals surface area contributed by atoms with Gasteiger partial charge in [-0.15, -0.1) is 0 Å². The van der Waals surface area contributed by atoms with Gasteiger partial charge in [0.05, 0.1) is 41.3 Å². The molecule has 1 N–H and O–H groups in total. The average molecular weight is 733 g/mol. The second-order valence-electron chi connectivity index (χ2n) is 15.4. The van der Waals surface area contributed by atoms with E-state index >= 15 is 0 Å². The molecular weight excluding hydrogens is 661 g/mol. The van der Waals surface area contributed by atoms with Gasteiger partial charge < -0.3 is 39.1 Å². The summed E-state index contributed by atoms with van der Waals surface area (Å²) >= 11 is 0. The van der Waals surface area contributed by atoms with Gasteiger partial charge in [-0.2, -0.15) is 0 Å². The molecule has 1 amide bonds. The number of hydrogen-bond donors (Lipinski definition) is 1. The van der Waals surface area contributed by atoms with Gasteiger partial charge in [0.25, 0.3) is 0 Å². The fourth-order valence-electron chi connectivity index (χ4n) is 6.55. The van der Waals surface area contributed by atoms with Crippen LogP contribution in [0.3, 0.4) is 0 Å². The summed E-state index contributed by atoms with van der Waals surface area (Å²) in [5.41, 5.74) is 2.74. The molecule has 2 rings (SSSR count). The van der Waals surface area contributed by atoms with Crippen LogP contribution in [0.15, 0.2) is 72.8 Å². The minimum absolute atomic E-state index is 0. The lowest BCUT2D eigenvalue weighted by atomic mass is 10.0. The fourth-order valence-corrected chi connectivity index (χ4v) is 6.55. The Kier molecular flexibility index (Phi) is 28.1. The SMILES string of the molecule is C[N+](C)(CCCCC(=O)CCCCCCC/C=C/CCCCCCCC(=O)NCCC[N+](C)(C)Cc1ccccc1)Cc1ccccc1.[Cl-].[Cl-]. The summed E-state index contributed by atoms with van der Waals surface area (Å²) in [5, 5.41) is 3.12. The second-order valence-corrected chi connectivity index (χ2v) is 15.4. The molecule has 2 aromatic carbocycles. The van der Waals surface area contributed by atoms with Gasteiger partial charge in [0.2, 0.25) is 5.91 Å². The number of benzene rings is 2. The van der Waals surface area contributed by atoms with Gasteiger partial charge in [-0.3, -0.25) is 9.59 Å². The standard InChI is InChI=1S/C43H70N3O2.2ClH/c1-45(2,38-40-28-19-17-20-29-40)36-26-25-33-42(47)32-23-15-13-11-9-7-5-6-8-10-12-14-16-24-34-43(48)44-35-27-37-46(3,4)39-41-30-21-18-22-31-41;;/h5-6,17-22,28-31H,7-16,23-27,32-39H2,1-4H3;2*1H/q+1;;/p-1/b6-5+;;. The van der Waals surface area contributed by atoms with Crippen molar-refractivity contribution in [3.63, 3.8) is 0 Å². The Morgan fingerprint density at radius 2 is 0.920 bits per heavy atom. The summed E-state index contributed by atoms with van der Waals surface area (Å²) < 4.78 is 1.92. The van der Waals surface area contributed by atoms with Crippen LogP contribution in [0.1, 0.15) is 127 Å². The number of Topliss-reactive ketones (excluding diaryl/α,β-unsaturated/α-hetero) is 1. The molecule has 5 nitrogen and oxygen atoms in total. The number of halogens is 2. The predicted octanol–water partition coefficient (Wildman–Crippen LogP) is 3.81. The Hall–Kier alpha value is -2.18. The number of carbonyl (C=O) groups excluding carboxylic acids is 2. The number of quaternary nitrogens is 2. The number of ketones is 1. The normalized spacial score (nSPS) is 11.6. The highest BCUT2D eigenvalue weighted by Crippen LogP contribution is 2.14. The first-order chi connectivity index (χ1) is 23.2. The van der Waals surface area contributed by atoms with Gasteiger partial charge in [-0.1, -0.05) is 111 Å². The lowest BCUT2D eigenvalue weighted by Crippen LogP contribution is -3.00. The summed E-state index contributed by atoms with van der Waals surface area (Å²) in [5.74, 6) is 0.663. The van der Waals surface area contributed by atoms with Crippen LogP contribution in [-0.4, -0.2) is 68.5 Å². The van der Waals surface area contributed by atoms with Gasteiger partial charge in [-0.25, -0.2) is 0 Å². The molecule has 0 fully saturated rings. The lowest BCUT2D eigenvalue weighted by Gasteiger charge is -2.30. The van der Waals surface area contributed by atoms with Crippen molar-refractivity contribution in [2.45, 2.75) is 129 Å². The van der Waals surface area contributed by atoms with Crippen molar-refractivity contribution in [1.29, 1.82) is 0 Å². The summed E-state index contributed by atoms with van der Waals surface area (Å²) in [6, 6.07) is 21.3. The van der Waals surface area contributed by atoms with Crippen molar-refractivity contribution in [3.8, 4) is 0 Å². The molecule has 0 spiro atoms. The number of nitrogens with one attached hydrogen (secondary N) is 1. The Bertz CT molecular complexity index is 1050. The molecule has 2 aromatic rings. The zero-order valence-electron chi connectivity index (χ0n) is 32.2. The number of unbranched alkanes of at least 4 members (excludes halogenated alkanes) is 11. The van der Waals surface area contributed by atoms with Crippen LogP contribution in [-0.2, 0) is 22.7 Å². The zero-order chi connectivity index (χ0) is 34.8. The number of hydrogen-bond acceptors (Lipinski definition) is 2. The summed E-state index contributed by atoms with van der Waals surface area (Å²) in [4.78, 5) is 24.5. The van der Waals surface area contributed by atoms with Gasteiger partial charge >= 0.3 is 0 Å². The molecule has 0 saturated heterocycles. The maximum absolute atomic E-state index is 12.3. The van der Waals surface area contributed by atoms with E-state index in [4.69, 9.17) is 0 Å². The van der Waals surface area contributed by atoms with Crippen LogP contribution >= 0.6 is 0 Å². The number of allylic oxidation sites excluding steroid dienone is 2. The molecule has 0 aromatic heterocycles.